The van der Waals surface area contributed by atoms with Gasteiger partial charge in [-0.25, -0.2) is 9.18 Å². The van der Waals surface area contributed by atoms with Crippen molar-refractivity contribution in [2.24, 2.45) is 5.16 Å². The molecule has 1 unspecified atom stereocenters. The molecular weight excluding hydrogens is 347 g/mol. The first kappa shape index (κ1) is 16.8. The van der Waals surface area contributed by atoms with E-state index in [0.717, 1.165) is 5.56 Å². The zero-order chi connectivity index (χ0) is 18.8. The molecule has 4 rings (SSSR count). The van der Waals surface area contributed by atoms with E-state index in [1.807, 2.05) is 35.2 Å². The normalized spacial score (nSPS) is 16.0. The van der Waals surface area contributed by atoms with Crippen LogP contribution >= 0.6 is 0 Å². The molecule has 0 fully saturated rings. The summed E-state index contributed by atoms with van der Waals surface area (Å²) in [5.41, 5.74) is 2.49. The van der Waals surface area contributed by atoms with Gasteiger partial charge >= 0.3 is 5.97 Å². The minimum Gasteiger partial charge on any atom is -0.478 e. The van der Waals surface area contributed by atoms with E-state index in [1.165, 1.54) is 24.3 Å². The zero-order valence-electron chi connectivity index (χ0n) is 14.1. The number of oxime groups is 1. The molecule has 0 aliphatic carbocycles. The molecule has 6 heteroatoms. The van der Waals surface area contributed by atoms with E-state index in [-0.39, 0.29) is 11.4 Å². The molecule has 1 atom stereocenters. The van der Waals surface area contributed by atoms with Crippen LogP contribution in [0.15, 0.2) is 84.0 Å². The van der Waals surface area contributed by atoms with Crippen LogP contribution < -0.4 is 4.90 Å². The molecule has 0 aromatic heterocycles. The maximum atomic E-state index is 13.4. The lowest BCUT2D eigenvalue weighted by Gasteiger charge is -2.25. The lowest BCUT2D eigenvalue weighted by atomic mass is 10.1. The number of hydrogen-bond acceptors (Lipinski definition) is 4. The van der Waals surface area contributed by atoms with Crippen molar-refractivity contribution in [1.82, 2.24) is 0 Å². The maximum absolute atomic E-state index is 13.4. The molecule has 5 nitrogen and oxygen atoms in total. The Morgan fingerprint density at radius 2 is 1.63 bits per heavy atom. The summed E-state index contributed by atoms with van der Waals surface area (Å²) < 4.78 is 13.4. The number of hydrogen-bond donors (Lipinski definition) is 1. The quantitative estimate of drug-likeness (QED) is 0.746. The van der Waals surface area contributed by atoms with E-state index in [1.54, 1.807) is 24.3 Å². The average molecular weight is 362 g/mol. The van der Waals surface area contributed by atoms with Crippen molar-refractivity contribution in [3.63, 3.8) is 0 Å². The topological polar surface area (TPSA) is 62.1 Å². The minimum absolute atomic E-state index is 0.186. The van der Waals surface area contributed by atoms with Gasteiger partial charge in [0.2, 0.25) is 6.23 Å². The van der Waals surface area contributed by atoms with Gasteiger partial charge in [-0.3, -0.25) is 4.90 Å². The number of aromatic carboxylic acids is 1. The number of carboxylic acids is 1. The van der Waals surface area contributed by atoms with Gasteiger partial charge in [0.05, 0.1) is 5.56 Å². The lowest BCUT2D eigenvalue weighted by Crippen LogP contribution is -2.31. The van der Waals surface area contributed by atoms with Gasteiger partial charge in [0, 0.05) is 16.8 Å². The van der Waals surface area contributed by atoms with Gasteiger partial charge in [0.1, 0.15) is 5.82 Å². The van der Waals surface area contributed by atoms with Gasteiger partial charge in [-0.2, -0.15) is 0 Å². The molecule has 0 amide bonds. The summed E-state index contributed by atoms with van der Waals surface area (Å²) in [6.45, 7) is 0. The standard InChI is InChI=1S/C21H15FN2O3/c22-17-10-12-18(13-11-17)24-19(14-6-8-16(9-7-14)21(25)26)23-27-20(24)15-4-2-1-3-5-15/h1-13,20H,(H,25,26). The Morgan fingerprint density at radius 3 is 2.26 bits per heavy atom. The van der Waals surface area contributed by atoms with E-state index in [0.29, 0.717) is 17.1 Å². The molecule has 1 heterocycles. The van der Waals surface area contributed by atoms with Crippen LogP contribution in [0.2, 0.25) is 0 Å². The number of anilines is 1. The average Bonchev–Trinajstić information content (AvgIpc) is 3.14. The molecule has 0 bridgehead atoms. The molecule has 27 heavy (non-hydrogen) atoms. The highest BCUT2D eigenvalue weighted by molar-refractivity contribution is 6.11. The van der Waals surface area contributed by atoms with Crippen LogP contribution in [0, 0.1) is 5.82 Å². The summed E-state index contributed by atoms with van der Waals surface area (Å²) >= 11 is 0. The van der Waals surface area contributed by atoms with Gasteiger partial charge < -0.3 is 9.94 Å². The number of nitrogens with zero attached hydrogens (tertiary/aromatic N) is 2. The van der Waals surface area contributed by atoms with Gasteiger partial charge in [-0.15, -0.1) is 0 Å². The van der Waals surface area contributed by atoms with Crippen molar-refractivity contribution >= 4 is 17.5 Å². The Bertz CT molecular complexity index is 986. The van der Waals surface area contributed by atoms with Crippen LogP contribution in [0.5, 0.6) is 0 Å². The van der Waals surface area contributed by atoms with E-state index in [2.05, 4.69) is 5.16 Å². The summed E-state index contributed by atoms with van der Waals surface area (Å²) in [5.74, 6) is -0.810. The Hall–Kier alpha value is -3.67. The molecule has 1 aliphatic heterocycles. The number of benzene rings is 3. The largest absolute Gasteiger partial charge is 0.478 e. The fourth-order valence-electron chi connectivity index (χ4n) is 2.94. The molecule has 3 aromatic rings. The molecule has 0 saturated heterocycles. The second kappa shape index (κ2) is 6.92. The van der Waals surface area contributed by atoms with E-state index in [9.17, 15) is 9.18 Å². The summed E-state index contributed by atoms with van der Waals surface area (Å²) in [7, 11) is 0. The SMILES string of the molecule is O=C(O)c1ccc(C2=NOC(c3ccccc3)N2c2ccc(F)cc2)cc1. The Balaban J connectivity index is 1.75. The highest BCUT2D eigenvalue weighted by atomic mass is 19.1. The number of carboxylic acid groups (broad SMARTS) is 1. The minimum atomic E-state index is -0.997. The van der Waals surface area contributed by atoms with Crippen LogP contribution in [0.25, 0.3) is 0 Å². The summed E-state index contributed by atoms with van der Waals surface area (Å²) in [6.07, 6.45) is -0.509. The Labute approximate surface area is 154 Å². The summed E-state index contributed by atoms with van der Waals surface area (Å²) in [6, 6.07) is 22.0. The first-order valence-electron chi connectivity index (χ1n) is 8.31. The van der Waals surface area contributed by atoms with Gasteiger partial charge in [-0.1, -0.05) is 47.6 Å². The first-order valence-corrected chi connectivity index (χ1v) is 8.31. The molecule has 1 N–H and O–H groups in total. The van der Waals surface area contributed by atoms with Crippen molar-refractivity contribution in [3.8, 4) is 0 Å². The van der Waals surface area contributed by atoms with Crippen molar-refractivity contribution < 1.29 is 19.1 Å². The predicted molar refractivity (Wildman–Crippen MR) is 99.1 cm³/mol. The van der Waals surface area contributed by atoms with Crippen molar-refractivity contribution in [2.45, 2.75) is 6.23 Å². The van der Waals surface area contributed by atoms with Crippen LogP contribution in [0.3, 0.4) is 0 Å². The predicted octanol–water partition coefficient (Wildman–Crippen LogP) is 4.42. The van der Waals surface area contributed by atoms with Crippen molar-refractivity contribution in [3.05, 3.63) is 101 Å². The molecule has 0 saturated carbocycles. The molecule has 0 radical (unpaired) electrons. The van der Waals surface area contributed by atoms with E-state index >= 15 is 0 Å². The smallest absolute Gasteiger partial charge is 0.335 e. The zero-order valence-corrected chi connectivity index (χ0v) is 14.1. The Kier molecular flexibility index (Phi) is 4.30. The van der Waals surface area contributed by atoms with Crippen LogP contribution in [0.4, 0.5) is 10.1 Å². The third-order valence-corrected chi connectivity index (χ3v) is 4.28. The number of rotatable bonds is 4. The molecule has 0 spiro atoms. The van der Waals surface area contributed by atoms with Crippen LogP contribution in [-0.2, 0) is 4.84 Å². The molecular formula is C21H15FN2O3. The van der Waals surface area contributed by atoms with Crippen LogP contribution in [-0.4, -0.2) is 16.9 Å². The van der Waals surface area contributed by atoms with Crippen molar-refractivity contribution in [2.75, 3.05) is 4.90 Å². The second-order valence-corrected chi connectivity index (χ2v) is 6.01. The summed E-state index contributed by atoms with van der Waals surface area (Å²) in [5, 5.41) is 13.3. The fourth-order valence-corrected chi connectivity index (χ4v) is 2.94. The number of halogens is 1. The monoisotopic (exact) mass is 362 g/mol. The highest BCUT2D eigenvalue weighted by Gasteiger charge is 2.33. The van der Waals surface area contributed by atoms with Gasteiger partial charge in [0.25, 0.3) is 0 Å². The van der Waals surface area contributed by atoms with Crippen LogP contribution in [0.1, 0.15) is 27.7 Å². The van der Waals surface area contributed by atoms with Gasteiger partial charge in [0.15, 0.2) is 5.84 Å². The second-order valence-electron chi connectivity index (χ2n) is 6.01. The van der Waals surface area contributed by atoms with Crippen molar-refractivity contribution in [1.29, 1.82) is 0 Å². The highest BCUT2D eigenvalue weighted by Crippen LogP contribution is 2.35. The maximum Gasteiger partial charge on any atom is 0.335 e. The number of carbonyl (C=O) groups is 1. The fraction of sp³-hybridized carbons (Fsp3) is 0.0476. The Morgan fingerprint density at radius 1 is 0.963 bits per heavy atom. The summed E-state index contributed by atoms with van der Waals surface area (Å²) in [4.78, 5) is 18.6. The van der Waals surface area contributed by atoms with E-state index < -0.39 is 12.2 Å². The lowest BCUT2D eigenvalue weighted by molar-refractivity contribution is 0.0697. The molecule has 1 aliphatic rings. The third-order valence-electron chi connectivity index (χ3n) is 4.28. The number of amidine groups is 1. The molecule has 3 aromatic carbocycles. The van der Waals surface area contributed by atoms with E-state index in [4.69, 9.17) is 9.94 Å². The van der Waals surface area contributed by atoms with Gasteiger partial charge in [-0.05, 0) is 36.4 Å². The molecule has 134 valence electrons. The first-order chi connectivity index (χ1) is 13.1. The third kappa shape index (κ3) is 3.25.